The number of hydrogen-bond acceptors (Lipinski definition) is 3. The van der Waals surface area contributed by atoms with Crippen molar-refractivity contribution in [2.75, 3.05) is 19.8 Å². The first-order valence-electron chi connectivity index (χ1n) is 8.29. The Hall–Kier alpha value is -2.24. The standard InChI is InChI=1S/C19H20FN3O/c20-17-8-6-16(7-9-17)18-13-21(12-15-4-2-1-3-5-15)14-23-19(24)10-11-22(18)23/h1-9,18H,10-14H2. The van der Waals surface area contributed by atoms with E-state index in [0.29, 0.717) is 13.1 Å². The van der Waals surface area contributed by atoms with Crippen LogP contribution in [0.25, 0.3) is 0 Å². The van der Waals surface area contributed by atoms with Gasteiger partial charge in [0.1, 0.15) is 5.82 Å². The molecule has 2 heterocycles. The molecule has 5 heteroatoms. The van der Waals surface area contributed by atoms with E-state index >= 15 is 0 Å². The van der Waals surface area contributed by atoms with Gasteiger partial charge in [-0.25, -0.2) is 9.40 Å². The Morgan fingerprint density at radius 2 is 1.79 bits per heavy atom. The van der Waals surface area contributed by atoms with Crippen molar-refractivity contribution in [3.63, 3.8) is 0 Å². The molecule has 4 rings (SSSR count). The second-order valence-electron chi connectivity index (χ2n) is 6.41. The highest BCUT2D eigenvalue weighted by Crippen LogP contribution is 2.32. The van der Waals surface area contributed by atoms with Gasteiger partial charge in [0.15, 0.2) is 0 Å². The Balaban J connectivity index is 1.59. The van der Waals surface area contributed by atoms with Crippen LogP contribution in [0.15, 0.2) is 54.6 Å². The second kappa shape index (κ2) is 6.34. The lowest BCUT2D eigenvalue weighted by Gasteiger charge is -2.45. The van der Waals surface area contributed by atoms with E-state index in [1.54, 1.807) is 0 Å². The van der Waals surface area contributed by atoms with Gasteiger partial charge >= 0.3 is 0 Å². The zero-order chi connectivity index (χ0) is 16.5. The fourth-order valence-corrected chi connectivity index (χ4v) is 3.59. The summed E-state index contributed by atoms with van der Waals surface area (Å²) in [6, 6.07) is 17.0. The molecule has 1 amide bonds. The molecule has 1 atom stereocenters. The van der Waals surface area contributed by atoms with Crippen molar-refractivity contribution >= 4 is 5.91 Å². The summed E-state index contributed by atoms with van der Waals surface area (Å²) in [7, 11) is 0. The summed E-state index contributed by atoms with van der Waals surface area (Å²) >= 11 is 0. The molecular weight excluding hydrogens is 305 g/mol. The summed E-state index contributed by atoms with van der Waals surface area (Å²) < 4.78 is 13.3. The Labute approximate surface area is 141 Å². The van der Waals surface area contributed by atoms with Gasteiger partial charge in [0.05, 0.1) is 12.7 Å². The van der Waals surface area contributed by atoms with E-state index in [0.717, 1.165) is 25.2 Å². The molecule has 2 fully saturated rings. The molecule has 0 N–H and O–H groups in total. The molecule has 2 aromatic carbocycles. The maximum atomic E-state index is 13.3. The Bertz CT molecular complexity index is 719. The van der Waals surface area contributed by atoms with E-state index < -0.39 is 0 Å². The zero-order valence-electron chi connectivity index (χ0n) is 13.4. The first kappa shape index (κ1) is 15.3. The molecule has 0 radical (unpaired) electrons. The van der Waals surface area contributed by atoms with E-state index in [4.69, 9.17) is 0 Å². The Kier molecular flexibility index (Phi) is 4.04. The van der Waals surface area contributed by atoms with Crippen LogP contribution in [-0.4, -0.2) is 40.6 Å². The first-order valence-corrected chi connectivity index (χ1v) is 8.29. The predicted octanol–water partition coefficient (Wildman–Crippen LogP) is 2.79. The van der Waals surface area contributed by atoms with E-state index in [1.807, 2.05) is 35.3 Å². The van der Waals surface area contributed by atoms with Crippen molar-refractivity contribution in [3.05, 3.63) is 71.5 Å². The van der Waals surface area contributed by atoms with E-state index in [1.165, 1.54) is 17.7 Å². The van der Waals surface area contributed by atoms with E-state index in [9.17, 15) is 9.18 Å². The summed E-state index contributed by atoms with van der Waals surface area (Å²) in [4.78, 5) is 14.5. The van der Waals surface area contributed by atoms with Crippen LogP contribution in [-0.2, 0) is 11.3 Å². The number of carbonyl (C=O) groups excluding carboxylic acids is 1. The highest BCUT2D eigenvalue weighted by molar-refractivity contribution is 5.77. The monoisotopic (exact) mass is 325 g/mol. The predicted molar refractivity (Wildman–Crippen MR) is 89.0 cm³/mol. The number of halogens is 1. The summed E-state index contributed by atoms with van der Waals surface area (Å²) in [5, 5.41) is 3.98. The van der Waals surface area contributed by atoms with Crippen LogP contribution >= 0.6 is 0 Å². The molecule has 2 saturated heterocycles. The van der Waals surface area contributed by atoms with Crippen molar-refractivity contribution in [2.45, 2.75) is 19.0 Å². The minimum Gasteiger partial charge on any atom is -0.278 e. The van der Waals surface area contributed by atoms with Gasteiger partial charge in [0, 0.05) is 26.1 Å². The average molecular weight is 325 g/mol. The van der Waals surface area contributed by atoms with Gasteiger partial charge in [-0.3, -0.25) is 14.7 Å². The number of carbonyl (C=O) groups is 1. The summed E-state index contributed by atoms with van der Waals surface area (Å²) in [6.07, 6.45) is 0.552. The highest BCUT2D eigenvalue weighted by Gasteiger charge is 2.40. The summed E-state index contributed by atoms with van der Waals surface area (Å²) in [5.41, 5.74) is 2.28. The third kappa shape index (κ3) is 2.92. The molecule has 0 spiro atoms. The minimum atomic E-state index is -0.231. The van der Waals surface area contributed by atoms with E-state index in [-0.39, 0.29) is 17.8 Å². The zero-order valence-corrected chi connectivity index (χ0v) is 13.4. The lowest BCUT2D eigenvalue weighted by Crippen LogP contribution is -2.55. The van der Waals surface area contributed by atoms with Gasteiger partial charge in [-0.15, -0.1) is 0 Å². The topological polar surface area (TPSA) is 26.8 Å². The van der Waals surface area contributed by atoms with Crippen LogP contribution in [0.5, 0.6) is 0 Å². The molecule has 2 aliphatic rings. The van der Waals surface area contributed by atoms with Crippen LogP contribution < -0.4 is 0 Å². The smallest absolute Gasteiger partial charge is 0.239 e. The lowest BCUT2D eigenvalue weighted by molar-refractivity contribution is -0.158. The number of rotatable bonds is 3. The molecular formula is C19H20FN3O. The Morgan fingerprint density at radius 1 is 1.04 bits per heavy atom. The number of hydrogen-bond donors (Lipinski definition) is 0. The van der Waals surface area contributed by atoms with Crippen molar-refractivity contribution < 1.29 is 9.18 Å². The van der Waals surface area contributed by atoms with Crippen LogP contribution in [0.4, 0.5) is 4.39 Å². The molecule has 124 valence electrons. The van der Waals surface area contributed by atoms with Gasteiger partial charge in [0.2, 0.25) is 5.91 Å². The van der Waals surface area contributed by atoms with E-state index in [2.05, 4.69) is 22.0 Å². The quantitative estimate of drug-likeness (QED) is 0.868. The first-order chi connectivity index (χ1) is 11.7. The van der Waals surface area contributed by atoms with Crippen molar-refractivity contribution in [1.29, 1.82) is 0 Å². The van der Waals surface area contributed by atoms with Crippen LogP contribution in [0, 0.1) is 5.82 Å². The molecule has 1 unspecified atom stereocenters. The van der Waals surface area contributed by atoms with Gasteiger partial charge in [0.25, 0.3) is 0 Å². The maximum Gasteiger partial charge on any atom is 0.239 e. The normalized spacial score (nSPS) is 22.0. The third-order valence-electron chi connectivity index (χ3n) is 4.78. The number of fused-ring (bicyclic) bond motifs is 1. The molecule has 24 heavy (non-hydrogen) atoms. The number of benzene rings is 2. The summed E-state index contributed by atoms with van der Waals surface area (Å²) in [6.45, 7) is 2.98. The van der Waals surface area contributed by atoms with Crippen molar-refractivity contribution in [1.82, 2.24) is 14.9 Å². The maximum absolute atomic E-state index is 13.3. The molecule has 0 aromatic heterocycles. The van der Waals surface area contributed by atoms with Crippen molar-refractivity contribution in [2.24, 2.45) is 0 Å². The molecule has 2 aromatic rings. The fourth-order valence-electron chi connectivity index (χ4n) is 3.59. The van der Waals surface area contributed by atoms with Crippen LogP contribution in [0.2, 0.25) is 0 Å². The van der Waals surface area contributed by atoms with Gasteiger partial charge < -0.3 is 0 Å². The Morgan fingerprint density at radius 3 is 2.54 bits per heavy atom. The van der Waals surface area contributed by atoms with Crippen LogP contribution in [0.3, 0.4) is 0 Å². The van der Waals surface area contributed by atoms with Crippen molar-refractivity contribution in [3.8, 4) is 0 Å². The summed E-state index contributed by atoms with van der Waals surface area (Å²) in [5.74, 6) is -0.0649. The molecule has 2 aliphatic heterocycles. The fraction of sp³-hybridized carbons (Fsp3) is 0.316. The average Bonchev–Trinajstić information content (AvgIpc) is 2.97. The number of nitrogens with zero attached hydrogens (tertiary/aromatic N) is 3. The third-order valence-corrected chi connectivity index (χ3v) is 4.78. The minimum absolute atomic E-state index is 0.0783. The van der Waals surface area contributed by atoms with Gasteiger partial charge in [-0.1, -0.05) is 42.5 Å². The van der Waals surface area contributed by atoms with Crippen LogP contribution in [0.1, 0.15) is 23.6 Å². The molecule has 0 aliphatic carbocycles. The largest absolute Gasteiger partial charge is 0.278 e. The SMILES string of the molecule is O=C1CCN2C(c3ccc(F)cc3)CN(Cc3ccccc3)CN12. The lowest BCUT2D eigenvalue weighted by atomic mass is 10.0. The van der Waals surface area contributed by atoms with Gasteiger partial charge in [-0.2, -0.15) is 0 Å². The molecule has 0 bridgehead atoms. The molecule has 0 saturated carbocycles. The second-order valence-corrected chi connectivity index (χ2v) is 6.41. The molecule has 4 nitrogen and oxygen atoms in total. The number of amides is 1. The highest BCUT2D eigenvalue weighted by atomic mass is 19.1. The number of hydrazine groups is 1. The van der Waals surface area contributed by atoms with Gasteiger partial charge in [-0.05, 0) is 23.3 Å².